The van der Waals surface area contributed by atoms with E-state index in [-0.39, 0.29) is 17.3 Å². The van der Waals surface area contributed by atoms with Crippen LogP contribution in [0.5, 0.6) is 0 Å². The molecule has 3 nitrogen and oxygen atoms in total. The molecule has 4 heteroatoms. The third-order valence-electron chi connectivity index (χ3n) is 6.86. The number of benzene rings is 1. The lowest BCUT2D eigenvalue weighted by Gasteiger charge is -2.48. The maximum atomic E-state index is 13.3. The average molecular weight is 352 g/mol. The van der Waals surface area contributed by atoms with Crippen LogP contribution in [-0.4, -0.2) is 21.0 Å². The third-order valence-corrected chi connectivity index (χ3v) is 6.86. The molecule has 2 saturated carbocycles. The zero-order chi connectivity index (χ0) is 17.9. The Morgan fingerprint density at radius 3 is 2.73 bits per heavy atom. The summed E-state index contributed by atoms with van der Waals surface area (Å²) in [5.41, 5.74) is 4.72. The van der Waals surface area contributed by atoms with Gasteiger partial charge in [-0.15, -0.1) is 0 Å². The van der Waals surface area contributed by atoms with Crippen LogP contribution in [0.3, 0.4) is 0 Å². The normalized spacial score (nSPS) is 28.9. The minimum Gasteiger partial charge on any atom is -0.393 e. The molecule has 2 fully saturated rings. The Morgan fingerprint density at radius 1 is 1.23 bits per heavy atom. The molecular weight excluding hydrogens is 327 g/mol. The monoisotopic (exact) mass is 352 g/mol. The van der Waals surface area contributed by atoms with Crippen molar-refractivity contribution in [1.29, 1.82) is 0 Å². The number of aliphatic hydroxyl groups excluding tert-OH is 1. The van der Waals surface area contributed by atoms with Crippen molar-refractivity contribution >= 4 is 6.08 Å². The summed E-state index contributed by atoms with van der Waals surface area (Å²) in [5.74, 6) is 0.627. The van der Waals surface area contributed by atoms with Crippen molar-refractivity contribution in [3.63, 3.8) is 0 Å². The van der Waals surface area contributed by atoms with Crippen LogP contribution in [0.15, 0.2) is 36.0 Å². The molecule has 0 unspecified atom stereocenters. The van der Waals surface area contributed by atoms with Crippen molar-refractivity contribution in [1.82, 2.24) is 9.78 Å². The smallest absolute Gasteiger partial charge is 0.123 e. The SMILES string of the molecule is C[C@]12Cc3cnn(-c4ccc(F)cc4)c3C=C1CCC[C@@H]2[C@@H](O)C1CC1. The minimum absolute atomic E-state index is 0.0317. The van der Waals surface area contributed by atoms with Gasteiger partial charge in [0, 0.05) is 0 Å². The Bertz CT molecular complexity index is 865. The summed E-state index contributed by atoms with van der Waals surface area (Å²) in [6.45, 7) is 2.34. The van der Waals surface area contributed by atoms with E-state index in [4.69, 9.17) is 0 Å². The van der Waals surface area contributed by atoms with Crippen molar-refractivity contribution in [2.24, 2.45) is 17.3 Å². The number of rotatable bonds is 3. The Kier molecular flexibility index (Phi) is 3.61. The molecule has 0 radical (unpaired) electrons. The molecular formula is C22H25FN2O. The Balaban J connectivity index is 1.54. The van der Waals surface area contributed by atoms with Gasteiger partial charge in [0.2, 0.25) is 0 Å². The van der Waals surface area contributed by atoms with Crippen LogP contribution in [-0.2, 0) is 6.42 Å². The van der Waals surface area contributed by atoms with Crippen molar-refractivity contribution < 1.29 is 9.50 Å². The predicted molar refractivity (Wildman–Crippen MR) is 99.4 cm³/mol. The average Bonchev–Trinajstić information content (AvgIpc) is 3.41. The van der Waals surface area contributed by atoms with Gasteiger partial charge in [-0.2, -0.15) is 5.10 Å². The summed E-state index contributed by atoms with van der Waals surface area (Å²) < 4.78 is 15.2. The lowest BCUT2D eigenvalue weighted by atomic mass is 9.58. The molecule has 3 aliphatic carbocycles. The number of aromatic nitrogens is 2. The van der Waals surface area contributed by atoms with E-state index in [1.165, 1.54) is 36.1 Å². The lowest BCUT2D eigenvalue weighted by Crippen LogP contribution is -2.43. The van der Waals surface area contributed by atoms with Gasteiger partial charge in [-0.05, 0) is 91.7 Å². The van der Waals surface area contributed by atoms with Crippen LogP contribution in [0.25, 0.3) is 11.8 Å². The second-order valence-electron chi connectivity index (χ2n) is 8.53. The maximum absolute atomic E-state index is 13.3. The highest BCUT2D eigenvalue weighted by molar-refractivity contribution is 5.61. The van der Waals surface area contributed by atoms with E-state index in [0.29, 0.717) is 11.8 Å². The van der Waals surface area contributed by atoms with Gasteiger partial charge >= 0.3 is 0 Å². The fraction of sp³-hybridized carbons (Fsp3) is 0.500. The lowest BCUT2D eigenvalue weighted by molar-refractivity contribution is 0.00899. The topological polar surface area (TPSA) is 38.0 Å². The highest BCUT2D eigenvalue weighted by Gasteiger charge is 2.49. The van der Waals surface area contributed by atoms with Gasteiger partial charge in [0.1, 0.15) is 5.82 Å². The number of aliphatic hydroxyl groups is 1. The highest BCUT2D eigenvalue weighted by atomic mass is 19.1. The Hall–Kier alpha value is -1.94. The van der Waals surface area contributed by atoms with Crippen molar-refractivity contribution in [2.75, 3.05) is 0 Å². The van der Waals surface area contributed by atoms with Gasteiger partial charge in [-0.25, -0.2) is 9.07 Å². The van der Waals surface area contributed by atoms with Crippen LogP contribution in [0.2, 0.25) is 0 Å². The van der Waals surface area contributed by atoms with Crippen molar-refractivity contribution in [2.45, 2.75) is 51.6 Å². The first-order chi connectivity index (χ1) is 12.6. The van der Waals surface area contributed by atoms with Crippen molar-refractivity contribution in [3.05, 3.63) is 53.1 Å². The summed E-state index contributed by atoms with van der Waals surface area (Å²) in [4.78, 5) is 0. The molecule has 1 aromatic heterocycles. The minimum atomic E-state index is -0.232. The standard InChI is InChI=1S/C22H25FN2O/c1-22-12-15-13-24-25(18-9-7-17(23)8-10-18)20(15)11-16(22)3-2-4-19(22)21(26)14-5-6-14/h7-11,13-14,19,21,26H,2-6,12H2,1H3/t19-,21+,22+/m1/s1. The quantitative estimate of drug-likeness (QED) is 0.881. The van der Waals surface area contributed by atoms with Gasteiger partial charge in [0.05, 0.1) is 23.7 Å². The number of hydrogen-bond acceptors (Lipinski definition) is 2. The second kappa shape index (κ2) is 5.78. The van der Waals surface area contributed by atoms with Crippen LogP contribution in [0.4, 0.5) is 4.39 Å². The molecule has 1 aromatic carbocycles. The zero-order valence-electron chi connectivity index (χ0n) is 15.2. The number of nitrogens with zero attached hydrogens (tertiary/aromatic N) is 2. The van der Waals surface area contributed by atoms with Gasteiger partial charge in [0.25, 0.3) is 0 Å². The molecule has 0 spiro atoms. The van der Waals surface area contributed by atoms with Crippen LogP contribution < -0.4 is 0 Å². The first-order valence-electron chi connectivity index (χ1n) is 9.78. The van der Waals surface area contributed by atoms with Gasteiger partial charge in [-0.3, -0.25) is 0 Å². The first-order valence-corrected chi connectivity index (χ1v) is 9.78. The maximum Gasteiger partial charge on any atom is 0.123 e. The third kappa shape index (κ3) is 2.46. The van der Waals surface area contributed by atoms with Crippen LogP contribution in [0, 0.1) is 23.1 Å². The molecule has 0 bridgehead atoms. The molecule has 136 valence electrons. The molecule has 1 N–H and O–H groups in total. The van der Waals surface area contributed by atoms with Crippen LogP contribution >= 0.6 is 0 Å². The molecule has 26 heavy (non-hydrogen) atoms. The summed E-state index contributed by atoms with van der Waals surface area (Å²) in [5, 5.41) is 15.5. The molecule has 0 saturated heterocycles. The van der Waals surface area contributed by atoms with Gasteiger partial charge in [-0.1, -0.05) is 12.5 Å². The summed E-state index contributed by atoms with van der Waals surface area (Å²) in [7, 11) is 0. The molecule has 5 rings (SSSR count). The predicted octanol–water partition coefficient (Wildman–Crippen LogP) is 4.53. The number of halogens is 1. The van der Waals surface area contributed by atoms with E-state index in [1.807, 2.05) is 10.9 Å². The number of hydrogen-bond donors (Lipinski definition) is 1. The van der Waals surface area contributed by atoms with Crippen molar-refractivity contribution in [3.8, 4) is 5.69 Å². The first kappa shape index (κ1) is 16.2. The van der Waals surface area contributed by atoms with E-state index in [0.717, 1.165) is 37.1 Å². The fourth-order valence-corrected chi connectivity index (χ4v) is 5.18. The number of allylic oxidation sites excluding steroid dienone is 1. The highest BCUT2D eigenvalue weighted by Crippen LogP contribution is 2.54. The molecule has 0 aliphatic heterocycles. The summed E-state index contributed by atoms with van der Waals surface area (Å²) in [6.07, 6.45) is 10.7. The fourth-order valence-electron chi connectivity index (χ4n) is 5.18. The zero-order valence-corrected chi connectivity index (χ0v) is 15.2. The largest absolute Gasteiger partial charge is 0.393 e. The van der Waals surface area contributed by atoms with E-state index < -0.39 is 0 Å². The second-order valence-corrected chi connectivity index (χ2v) is 8.53. The number of fused-ring (bicyclic) bond motifs is 2. The Labute approximate surface area is 153 Å². The van der Waals surface area contributed by atoms with Gasteiger partial charge in [0.15, 0.2) is 0 Å². The van der Waals surface area contributed by atoms with E-state index in [2.05, 4.69) is 18.1 Å². The van der Waals surface area contributed by atoms with Crippen LogP contribution in [0.1, 0.15) is 50.3 Å². The molecule has 0 amide bonds. The summed E-state index contributed by atoms with van der Waals surface area (Å²) in [6, 6.07) is 6.50. The molecule has 2 aromatic rings. The van der Waals surface area contributed by atoms with E-state index >= 15 is 0 Å². The summed E-state index contributed by atoms with van der Waals surface area (Å²) >= 11 is 0. The molecule has 1 heterocycles. The van der Waals surface area contributed by atoms with E-state index in [9.17, 15) is 9.50 Å². The molecule has 3 aliphatic rings. The molecule has 3 atom stereocenters. The Morgan fingerprint density at radius 2 is 2.00 bits per heavy atom. The van der Waals surface area contributed by atoms with E-state index in [1.54, 1.807) is 12.1 Å². The van der Waals surface area contributed by atoms with Gasteiger partial charge < -0.3 is 5.11 Å².